The molecule has 0 atom stereocenters. The lowest BCUT2D eigenvalue weighted by atomic mass is 10.2. The van der Waals surface area contributed by atoms with Crippen LogP contribution in [0.5, 0.6) is 0 Å². The van der Waals surface area contributed by atoms with Gasteiger partial charge in [0.05, 0.1) is 18.8 Å². The highest BCUT2D eigenvalue weighted by molar-refractivity contribution is 5.96. The Balaban J connectivity index is 1.96. The fourth-order valence-electron chi connectivity index (χ4n) is 2.89. The summed E-state index contributed by atoms with van der Waals surface area (Å²) in [5.41, 5.74) is 3.96. The molecule has 1 saturated heterocycles. The second-order valence-electron chi connectivity index (χ2n) is 5.36. The molecule has 1 fully saturated rings. The van der Waals surface area contributed by atoms with Crippen LogP contribution >= 0.6 is 0 Å². The van der Waals surface area contributed by atoms with E-state index in [1.165, 1.54) is 0 Å². The molecular formula is C17H20N2O2. The third kappa shape index (κ3) is 2.59. The second-order valence-corrected chi connectivity index (χ2v) is 5.36. The standard InChI is InChI=1S/C17H20N2O2/c1-13-12-16(17(20)18-8-10-21-11-9-18)14(2)19(13)15-6-4-3-5-7-15/h3-7,12H,8-11H2,1-2H3. The summed E-state index contributed by atoms with van der Waals surface area (Å²) < 4.78 is 7.45. The van der Waals surface area contributed by atoms with Crippen LogP contribution in [0.4, 0.5) is 0 Å². The maximum atomic E-state index is 12.7. The van der Waals surface area contributed by atoms with E-state index in [4.69, 9.17) is 4.74 Å². The summed E-state index contributed by atoms with van der Waals surface area (Å²) in [6.45, 7) is 6.65. The Labute approximate surface area is 124 Å². The molecule has 4 heteroatoms. The molecule has 1 aliphatic rings. The summed E-state index contributed by atoms with van der Waals surface area (Å²) in [6, 6.07) is 12.1. The molecule has 0 unspecified atom stereocenters. The quantitative estimate of drug-likeness (QED) is 0.849. The van der Waals surface area contributed by atoms with Crippen LogP contribution in [0.3, 0.4) is 0 Å². The molecule has 4 nitrogen and oxygen atoms in total. The van der Waals surface area contributed by atoms with Gasteiger partial charge in [-0.1, -0.05) is 18.2 Å². The molecule has 1 aliphatic heterocycles. The molecule has 0 N–H and O–H groups in total. The third-order valence-electron chi connectivity index (χ3n) is 3.97. The van der Waals surface area contributed by atoms with Gasteiger partial charge >= 0.3 is 0 Å². The van der Waals surface area contributed by atoms with Gasteiger partial charge in [0.2, 0.25) is 0 Å². The number of aromatic nitrogens is 1. The molecule has 3 rings (SSSR count). The van der Waals surface area contributed by atoms with E-state index in [2.05, 4.69) is 16.7 Å². The minimum absolute atomic E-state index is 0.105. The Morgan fingerprint density at radius 1 is 1.10 bits per heavy atom. The average molecular weight is 284 g/mol. The van der Waals surface area contributed by atoms with Gasteiger partial charge in [-0.25, -0.2) is 0 Å². The van der Waals surface area contributed by atoms with E-state index in [0.29, 0.717) is 26.3 Å². The van der Waals surface area contributed by atoms with Gasteiger partial charge in [0.25, 0.3) is 5.91 Å². The van der Waals surface area contributed by atoms with Crippen molar-refractivity contribution in [3.05, 3.63) is 53.3 Å². The maximum Gasteiger partial charge on any atom is 0.255 e. The molecular weight excluding hydrogens is 264 g/mol. The molecule has 0 saturated carbocycles. The van der Waals surface area contributed by atoms with Crippen molar-refractivity contribution in [2.75, 3.05) is 26.3 Å². The van der Waals surface area contributed by atoms with Crippen molar-refractivity contribution in [2.45, 2.75) is 13.8 Å². The van der Waals surface area contributed by atoms with E-state index < -0.39 is 0 Å². The first kappa shape index (κ1) is 13.9. The number of aryl methyl sites for hydroxylation is 1. The number of nitrogens with zero attached hydrogens (tertiary/aromatic N) is 2. The van der Waals surface area contributed by atoms with Gasteiger partial charge in [-0.2, -0.15) is 0 Å². The highest BCUT2D eigenvalue weighted by Gasteiger charge is 2.23. The molecule has 0 radical (unpaired) electrons. The van der Waals surface area contributed by atoms with E-state index in [9.17, 15) is 4.79 Å². The van der Waals surface area contributed by atoms with Gasteiger partial charge in [-0.05, 0) is 32.0 Å². The first-order chi connectivity index (χ1) is 10.2. The Morgan fingerprint density at radius 2 is 1.76 bits per heavy atom. The summed E-state index contributed by atoms with van der Waals surface area (Å²) in [5.74, 6) is 0.105. The largest absolute Gasteiger partial charge is 0.378 e. The van der Waals surface area contributed by atoms with E-state index in [1.54, 1.807) is 0 Å². The van der Waals surface area contributed by atoms with E-state index in [-0.39, 0.29) is 5.91 Å². The van der Waals surface area contributed by atoms with Gasteiger partial charge in [0.1, 0.15) is 0 Å². The molecule has 0 aliphatic carbocycles. The number of hydrogen-bond donors (Lipinski definition) is 0. The van der Waals surface area contributed by atoms with Crippen molar-refractivity contribution in [3.63, 3.8) is 0 Å². The first-order valence-electron chi connectivity index (χ1n) is 7.30. The Morgan fingerprint density at radius 3 is 2.43 bits per heavy atom. The SMILES string of the molecule is Cc1cc(C(=O)N2CCOCC2)c(C)n1-c1ccccc1. The number of carbonyl (C=O) groups is 1. The first-order valence-corrected chi connectivity index (χ1v) is 7.30. The second kappa shape index (κ2) is 5.74. The lowest BCUT2D eigenvalue weighted by Crippen LogP contribution is -2.40. The third-order valence-corrected chi connectivity index (χ3v) is 3.97. The molecule has 1 aromatic heterocycles. The van der Waals surface area contributed by atoms with E-state index in [1.807, 2.05) is 43.0 Å². The summed E-state index contributed by atoms with van der Waals surface area (Å²) in [4.78, 5) is 14.6. The lowest BCUT2D eigenvalue weighted by molar-refractivity contribution is 0.0302. The van der Waals surface area contributed by atoms with Crippen molar-refractivity contribution >= 4 is 5.91 Å². The lowest BCUT2D eigenvalue weighted by Gasteiger charge is -2.26. The Bertz CT molecular complexity index is 640. The van der Waals surface area contributed by atoms with Crippen molar-refractivity contribution in [3.8, 4) is 5.69 Å². The fourth-order valence-corrected chi connectivity index (χ4v) is 2.89. The number of morpholine rings is 1. The fraction of sp³-hybridized carbons (Fsp3) is 0.353. The highest BCUT2D eigenvalue weighted by atomic mass is 16.5. The molecule has 2 heterocycles. The van der Waals surface area contributed by atoms with E-state index in [0.717, 1.165) is 22.6 Å². The van der Waals surface area contributed by atoms with Crippen molar-refractivity contribution in [1.29, 1.82) is 0 Å². The van der Waals surface area contributed by atoms with Crippen LogP contribution in [-0.2, 0) is 4.74 Å². The number of benzene rings is 1. The topological polar surface area (TPSA) is 34.5 Å². The van der Waals surface area contributed by atoms with Crippen LogP contribution in [0.1, 0.15) is 21.7 Å². The number of carbonyl (C=O) groups excluding carboxylic acids is 1. The monoisotopic (exact) mass is 284 g/mol. The number of hydrogen-bond acceptors (Lipinski definition) is 2. The Hall–Kier alpha value is -2.07. The molecule has 110 valence electrons. The summed E-state index contributed by atoms with van der Waals surface area (Å²) in [7, 11) is 0. The van der Waals surface area contributed by atoms with Crippen LogP contribution in [0, 0.1) is 13.8 Å². The molecule has 21 heavy (non-hydrogen) atoms. The van der Waals surface area contributed by atoms with Gasteiger partial charge in [-0.3, -0.25) is 4.79 Å². The van der Waals surface area contributed by atoms with Crippen molar-refractivity contribution < 1.29 is 9.53 Å². The zero-order chi connectivity index (χ0) is 14.8. The molecule has 0 spiro atoms. The van der Waals surface area contributed by atoms with Crippen molar-refractivity contribution in [2.24, 2.45) is 0 Å². The van der Waals surface area contributed by atoms with Gasteiger partial charge in [-0.15, -0.1) is 0 Å². The van der Waals surface area contributed by atoms with Crippen LogP contribution < -0.4 is 0 Å². The molecule has 0 bridgehead atoms. The number of amides is 1. The summed E-state index contributed by atoms with van der Waals surface area (Å²) in [5, 5.41) is 0. The van der Waals surface area contributed by atoms with Crippen LogP contribution in [0.15, 0.2) is 36.4 Å². The predicted molar refractivity (Wildman–Crippen MR) is 82.0 cm³/mol. The summed E-state index contributed by atoms with van der Waals surface area (Å²) in [6.07, 6.45) is 0. The maximum absolute atomic E-state index is 12.7. The predicted octanol–water partition coefficient (Wildman–Crippen LogP) is 2.57. The van der Waals surface area contributed by atoms with Crippen LogP contribution in [0.2, 0.25) is 0 Å². The Kier molecular flexibility index (Phi) is 3.80. The normalized spacial score (nSPS) is 15.2. The molecule has 1 amide bonds. The minimum Gasteiger partial charge on any atom is -0.378 e. The smallest absolute Gasteiger partial charge is 0.255 e. The number of ether oxygens (including phenoxy) is 1. The van der Waals surface area contributed by atoms with E-state index >= 15 is 0 Å². The minimum atomic E-state index is 0.105. The summed E-state index contributed by atoms with van der Waals surface area (Å²) >= 11 is 0. The molecule has 2 aromatic rings. The van der Waals surface area contributed by atoms with Gasteiger partial charge in [0.15, 0.2) is 0 Å². The zero-order valence-corrected chi connectivity index (χ0v) is 12.5. The van der Waals surface area contributed by atoms with Gasteiger partial charge < -0.3 is 14.2 Å². The zero-order valence-electron chi connectivity index (χ0n) is 12.5. The number of para-hydroxylation sites is 1. The highest BCUT2D eigenvalue weighted by Crippen LogP contribution is 2.22. The van der Waals surface area contributed by atoms with Gasteiger partial charge in [0, 0.05) is 30.2 Å². The number of rotatable bonds is 2. The molecule has 1 aromatic carbocycles. The van der Waals surface area contributed by atoms with Crippen molar-refractivity contribution in [1.82, 2.24) is 9.47 Å². The van der Waals surface area contributed by atoms with Crippen LogP contribution in [-0.4, -0.2) is 41.7 Å². The van der Waals surface area contributed by atoms with Crippen LogP contribution in [0.25, 0.3) is 5.69 Å². The average Bonchev–Trinajstić information content (AvgIpc) is 2.83.